The van der Waals surface area contributed by atoms with Crippen molar-refractivity contribution in [2.75, 3.05) is 25.1 Å². The highest BCUT2D eigenvalue weighted by atomic mass is 32.2. The second-order valence-electron chi connectivity index (χ2n) is 4.64. The van der Waals surface area contributed by atoms with Gasteiger partial charge >= 0.3 is 0 Å². The van der Waals surface area contributed by atoms with Crippen molar-refractivity contribution in [3.05, 3.63) is 54.6 Å². The molecule has 0 aromatic heterocycles. The minimum absolute atomic E-state index is 0.188. The molecule has 0 saturated carbocycles. The van der Waals surface area contributed by atoms with Crippen LogP contribution in [-0.2, 0) is 4.79 Å². The Morgan fingerprint density at radius 2 is 1.70 bits per heavy atom. The fourth-order valence-corrected chi connectivity index (χ4v) is 2.73. The molecular formula is C18H24N2O2S. The molecule has 124 valence electrons. The normalized spacial score (nSPS) is 13.4. The van der Waals surface area contributed by atoms with Crippen molar-refractivity contribution >= 4 is 17.7 Å². The summed E-state index contributed by atoms with van der Waals surface area (Å²) in [6.07, 6.45) is 1.12. The molecule has 2 aromatic carbocycles. The van der Waals surface area contributed by atoms with Crippen molar-refractivity contribution in [1.29, 1.82) is 0 Å². The van der Waals surface area contributed by atoms with Crippen LogP contribution in [0.5, 0.6) is 5.75 Å². The van der Waals surface area contributed by atoms with Crippen molar-refractivity contribution in [1.82, 2.24) is 5.32 Å². The van der Waals surface area contributed by atoms with Crippen LogP contribution in [0, 0.1) is 0 Å². The number of benzene rings is 2. The van der Waals surface area contributed by atoms with Gasteiger partial charge in [0.15, 0.2) is 0 Å². The van der Waals surface area contributed by atoms with E-state index >= 15 is 0 Å². The molecule has 4 N–H and O–H groups in total. The van der Waals surface area contributed by atoms with Gasteiger partial charge < -0.3 is 16.2 Å². The Morgan fingerprint density at radius 1 is 1.04 bits per heavy atom. The van der Waals surface area contributed by atoms with Gasteiger partial charge in [0.25, 0.3) is 0 Å². The Bertz CT molecular complexity index is 566. The first-order valence-electron chi connectivity index (χ1n) is 7.53. The minimum Gasteiger partial charge on any atom is -0.507 e. The van der Waals surface area contributed by atoms with Crippen molar-refractivity contribution in [2.24, 2.45) is 5.73 Å². The number of phenols is 1. The number of nitrogens with two attached hydrogens (primary N) is 1. The van der Waals surface area contributed by atoms with Crippen molar-refractivity contribution in [3.8, 4) is 16.9 Å². The second-order valence-corrected chi connectivity index (χ2v) is 5.74. The first-order valence-corrected chi connectivity index (χ1v) is 8.68. The van der Waals surface area contributed by atoms with Crippen LogP contribution in [0.1, 0.15) is 6.42 Å². The molecule has 2 aromatic rings. The molecule has 23 heavy (non-hydrogen) atoms. The zero-order valence-electron chi connectivity index (χ0n) is 13.4. The predicted molar refractivity (Wildman–Crippen MR) is 98.6 cm³/mol. The highest BCUT2D eigenvalue weighted by molar-refractivity contribution is 7.99. The lowest BCUT2D eigenvalue weighted by atomic mass is 10.1. The lowest BCUT2D eigenvalue weighted by molar-refractivity contribution is -0.118. The fourth-order valence-electron chi connectivity index (χ4n) is 1.95. The molecule has 1 saturated heterocycles. The van der Waals surface area contributed by atoms with Gasteiger partial charge in [-0.2, -0.15) is 11.8 Å². The molecule has 1 aliphatic heterocycles. The van der Waals surface area contributed by atoms with Gasteiger partial charge in [-0.1, -0.05) is 48.5 Å². The van der Waals surface area contributed by atoms with Crippen LogP contribution in [-0.4, -0.2) is 36.1 Å². The van der Waals surface area contributed by atoms with E-state index in [2.05, 4.69) is 11.1 Å². The van der Waals surface area contributed by atoms with E-state index < -0.39 is 0 Å². The van der Waals surface area contributed by atoms with Gasteiger partial charge in [-0.25, -0.2) is 0 Å². The van der Waals surface area contributed by atoms with Gasteiger partial charge in [0.2, 0.25) is 5.91 Å². The van der Waals surface area contributed by atoms with Crippen LogP contribution in [0.25, 0.3) is 11.1 Å². The van der Waals surface area contributed by atoms with Gasteiger partial charge in [-0.15, -0.1) is 0 Å². The molecule has 0 radical (unpaired) electrons. The highest BCUT2D eigenvalue weighted by Crippen LogP contribution is 2.27. The first kappa shape index (κ1) is 19.1. The number of aromatic hydroxyl groups is 1. The summed E-state index contributed by atoms with van der Waals surface area (Å²) in [7, 11) is 1.50. The van der Waals surface area contributed by atoms with E-state index in [1.807, 2.05) is 48.5 Å². The molecule has 0 aliphatic carbocycles. The Morgan fingerprint density at radius 3 is 2.39 bits per heavy atom. The van der Waals surface area contributed by atoms with Crippen LogP contribution in [0.15, 0.2) is 54.6 Å². The largest absolute Gasteiger partial charge is 0.507 e. The molecule has 0 unspecified atom stereocenters. The summed E-state index contributed by atoms with van der Waals surface area (Å²) in [5, 5.41) is 12.3. The van der Waals surface area contributed by atoms with Gasteiger partial charge in [0.05, 0.1) is 5.75 Å². The molecule has 4 nitrogen and oxygen atoms in total. The molecule has 0 atom stereocenters. The highest BCUT2D eigenvalue weighted by Gasteiger charge is 2.03. The molecule has 0 bridgehead atoms. The average molecular weight is 332 g/mol. The third kappa shape index (κ3) is 7.21. The maximum absolute atomic E-state index is 10.6. The number of thioether (sulfide) groups is 1. The van der Waals surface area contributed by atoms with Crippen molar-refractivity contribution in [3.63, 3.8) is 0 Å². The zero-order chi connectivity index (χ0) is 16.9. The predicted octanol–water partition coefficient (Wildman–Crippen LogP) is 2.87. The Hall–Kier alpha value is -1.98. The number of rotatable bonds is 1. The summed E-state index contributed by atoms with van der Waals surface area (Å²) >= 11 is 1.71. The number of phenolic OH excluding ortho intramolecular Hbond substituents is 1. The van der Waals surface area contributed by atoms with Crippen LogP contribution in [0.4, 0.5) is 0 Å². The first-order chi connectivity index (χ1) is 11.3. The fraction of sp³-hybridized carbons (Fsp3) is 0.278. The molecule has 0 spiro atoms. The summed E-state index contributed by atoms with van der Waals surface area (Å²) in [5.41, 5.74) is 6.42. The Labute approximate surface area is 142 Å². The molecule has 1 heterocycles. The summed E-state index contributed by atoms with van der Waals surface area (Å²) in [5.74, 6) is 2.29. The summed E-state index contributed by atoms with van der Waals surface area (Å²) in [6, 6.07) is 17.2. The molecular weight excluding hydrogens is 308 g/mol. The number of para-hydroxylation sites is 1. The molecule has 5 heteroatoms. The van der Waals surface area contributed by atoms with Crippen LogP contribution in [0.3, 0.4) is 0 Å². The lowest BCUT2D eigenvalue weighted by Gasteiger charge is -2.02. The SMILES string of the molecule is CN.O=C1CSCCCN1.Oc1ccccc1-c1ccccc1. The Balaban J connectivity index is 0.000000228. The smallest absolute Gasteiger partial charge is 0.229 e. The van der Waals surface area contributed by atoms with Crippen LogP contribution < -0.4 is 11.1 Å². The van der Waals surface area contributed by atoms with Gasteiger partial charge in [0, 0.05) is 12.1 Å². The molecule has 1 fully saturated rings. The standard InChI is InChI=1S/C12H10O.C5H9NOS.CH5N/c13-12-9-5-4-8-11(12)10-6-2-1-3-7-10;7-5-4-8-3-1-2-6-5;1-2/h1-9,13H;1-4H2,(H,6,7);2H2,1H3. The summed E-state index contributed by atoms with van der Waals surface area (Å²) < 4.78 is 0. The van der Waals surface area contributed by atoms with Crippen LogP contribution in [0.2, 0.25) is 0 Å². The summed E-state index contributed by atoms with van der Waals surface area (Å²) in [4.78, 5) is 10.6. The molecule has 1 amide bonds. The maximum Gasteiger partial charge on any atom is 0.229 e. The number of hydrogen-bond donors (Lipinski definition) is 3. The monoisotopic (exact) mass is 332 g/mol. The number of hydrogen-bond acceptors (Lipinski definition) is 4. The van der Waals surface area contributed by atoms with E-state index in [0.717, 1.165) is 29.8 Å². The van der Waals surface area contributed by atoms with Crippen molar-refractivity contribution in [2.45, 2.75) is 6.42 Å². The van der Waals surface area contributed by atoms with E-state index in [-0.39, 0.29) is 5.91 Å². The quantitative estimate of drug-likeness (QED) is 0.750. The number of carbonyl (C=O) groups is 1. The van der Waals surface area contributed by atoms with Crippen molar-refractivity contribution < 1.29 is 9.90 Å². The lowest BCUT2D eigenvalue weighted by Crippen LogP contribution is -2.23. The molecule has 3 rings (SSSR count). The van der Waals surface area contributed by atoms with Gasteiger partial charge in [-0.3, -0.25) is 4.79 Å². The topological polar surface area (TPSA) is 75.4 Å². The maximum atomic E-state index is 10.6. The zero-order valence-corrected chi connectivity index (χ0v) is 14.2. The number of nitrogens with one attached hydrogen (secondary N) is 1. The summed E-state index contributed by atoms with van der Waals surface area (Å²) in [6.45, 7) is 0.867. The number of amides is 1. The van der Waals surface area contributed by atoms with E-state index in [0.29, 0.717) is 11.5 Å². The minimum atomic E-state index is 0.188. The van der Waals surface area contributed by atoms with E-state index in [4.69, 9.17) is 0 Å². The third-order valence-corrected chi connectivity index (χ3v) is 4.05. The average Bonchev–Trinajstić information content (AvgIpc) is 2.86. The van der Waals surface area contributed by atoms with E-state index in [1.54, 1.807) is 17.8 Å². The van der Waals surface area contributed by atoms with Gasteiger partial charge in [-0.05, 0) is 30.9 Å². The van der Waals surface area contributed by atoms with E-state index in [9.17, 15) is 9.90 Å². The Kier molecular flexibility index (Phi) is 9.59. The van der Waals surface area contributed by atoms with Gasteiger partial charge in [0.1, 0.15) is 5.75 Å². The van der Waals surface area contributed by atoms with Crippen LogP contribution >= 0.6 is 11.8 Å². The van der Waals surface area contributed by atoms with E-state index in [1.165, 1.54) is 7.05 Å². The number of carbonyl (C=O) groups excluding carboxylic acids is 1. The second kappa shape index (κ2) is 11.6. The third-order valence-electron chi connectivity index (χ3n) is 3.01. The molecule has 1 aliphatic rings.